The second-order valence-electron chi connectivity index (χ2n) is 8.27. The van der Waals surface area contributed by atoms with Crippen molar-refractivity contribution in [3.8, 4) is 0 Å². The van der Waals surface area contributed by atoms with Gasteiger partial charge < -0.3 is 10.2 Å². The van der Waals surface area contributed by atoms with Crippen molar-refractivity contribution in [3.63, 3.8) is 0 Å². The lowest BCUT2D eigenvalue weighted by Crippen LogP contribution is -2.49. The van der Waals surface area contributed by atoms with E-state index in [9.17, 15) is 14.4 Å². The Morgan fingerprint density at radius 1 is 0.931 bits per heavy atom. The van der Waals surface area contributed by atoms with Gasteiger partial charge >= 0.3 is 0 Å². The fourth-order valence-electron chi connectivity index (χ4n) is 4.81. The van der Waals surface area contributed by atoms with E-state index in [1.54, 1.807) is 0 Å². The van der Waals surface area contributed by atoms with Crippen molar-refractivity contribution in [3.05, 3.63) is 30.3 Å². The summed E-state index contributed by atoms with van der Waals surface area (Å²) >= 11 is 0. The molecule has 1 aliphatic carbocycles. The molecule has 2 aliphatic heterocycles. The molecule has 1 saturated carbocycles. The van der Waals surface area contributed by atoms with E-state index in [-0.39, 0.29) is 36.1 Å². The SMILES string of the molecule is O=C(CN1C(=O)C2CCCCC2C1=O)NCCN1CCN(c2ccccc2)CC1. The average Bonchev–Trinajstić information content (AvgIpc) is 3.00. The minimum absolute atomic E-state index is 0.132. The Labute approximate surface area is 172 Å². The van der Waals surface area contributed by atoms with Gasteiger partial charge in [-0.3, -0.25) is 24.2 Å². The number of nitrogens with zero attached hydrogens (tertiary/aromatic N) is 3. The number of carbonyl (C=O) groups excluding carboxylic acids is 3. The van der Waals surface area contributed by atoms with Crippen LogP contribution in [0.5, 0.6) is 0 Å². The van der Waals surface area contributed by atoms with Crippen molar-refractivity contribution in [2.45, 2.75) is 25.7 Å². The van der Waals surface area contributed by atoms with Gasteiger partial charge in [0, 0.05) is 45.0 Å². The summed E-state index contributed by atoms with van der Waals surface area (Å²) in [6, 6.07) is 10.4. The minimum Gasteiger partial charge on any atom is -0.369 e. The third kappa shape index (κ3) is 4.45. The lowest BCUT2D eigenvalue weighted by Gasteiger charge is -2.36. The molecule has 3 aliphatic rings. The zero-order chi connectivity index (χ0) is 20.2. The number of imide groups is 1. The van der Waals surface area contributed by atoms with Gasteiger partial charge in [-0.05, 0) is 25.0 Å². The first-order chi connectivity index (χ1) is 14.1. The van der Waals surface area contributed by atoms with E-state index in [2.05, 4.69) is 39.4 Å². The number of fused-ring (bicyclic) bond motifs is 1. The lowest BCUT2D eigenvalue weighted by molar-refractivity contribution is -0.143. The molecule has 2 unspecified atom stereocenters. The van der Waals surface area contributed by atoms with Crippen molar-refractivity contribution >= 4 is 23.4 Å². The van der Waals surface area contributed by atoms with E-state index in [1.165, 1.54) is 10.6 Å². The monoisotopic (exact) mass is 398 g/mol. The van der Waals surface area contributed by atoms with Crippen LogP contribution >= 0.6 is 0 Å². The molecule has 1 N–H and O–H groups in total. The summed E-state index contributed by atoms with van der Waals surface area (Å²) in [4.78, 5) is 43.1. The molecule has 0 spiro atoms. The zero-order valence-electron chi connectivity index (χ0n) is 16.9. The number of para-hydroxylation sites is 1. The number of hydrogen-bond acceptors (Lipinski definition) is 5. The van der Waals surface area contributed by atoms with Gasteiger partial charge in [0.1, 0.15) is 6.54 Å². The molecule has 156 valence electrons. The first-order valence-corrected chi connectivity index (χ1v) is 10.8. The molecule has 0 radical (unpaired) electrons. The maximum absolute atomic E-state index is 12.5. The van der Waals surface area contributed by atoms with Crippen molar-refractivity contribution in [2.24, 2.45) is 11.8 Å². The normalized spacial score (nSPS) is 25.2. The minimum atomic E-state index is -0.242. The highest BCUT2D eigenvalue weighted by molar-refractivity contribution is 6.07. The molecule has 2 atom stereocenters. The van der Waals surface area contributed by atoms with E-state index in [0.717, 1.165) is 58.4 Å². The topological polar surface area (TPSA) is 73.0 Å². The number of likely N-dealkylation sites (tertiary alicyclic amines) is 1. The van der Waals surface area contributed by atoms with Crippen molar-refractivity contribution in [2.75, 3.05) is 50.7 Å². The van der Waals surface area contributed by atoms with Gasteiger partial charge in [0.15, 0.2) is 0 Å². The van der Waals surface area contributed by atoms with E-state index < -0.39 is 0 Å². The largest absolute Gasteiger partial charge is 0.369 e. The fraction of sp³-hybridized carbons (Fsp3) is 0.591. The van der Waals surface area contributed by atoms with Crippen LogP contribution in [0.3, 0.4) is 0 Å². The molecule has 0 aromatic heterocycles. The zero-order valence-corrected chi connectivity index (χ0v) is 16.9. The standard InChI is InChI=1S/C22H30N4O3/c27-20(16-26-21(28)18-8-4-5-9-19(18)22(26)29)23-10-11-24-12-14-25(15-13-24)17-6-2-1-3-7-17/h1-3,6-7,18-19H,4-5,8-16H2,(H,23,27). The third-order valence-corrected chi connectivity index (χ3v) is 6.48. The van der Waals surface area contributed by atoms with Crippen LogP contribution in [-0.2, 0) is 14.4 Å². The number of amides is 3. The highest BCUT2D eigenvalue weighted by Gasteiger charge is 2.48. The second kappa shape index (κ2) is 8.95. The predicted molar refractivity (Wildman–Crippen MR) is 110 cm³/mol. The van der Waals surface area contributed by atoms with Crippen molar-refractivity contribution in [1.82, 2.24) is 15.1 Å². The van der Waals surface area contributed by atoms with Crippen LogP contribution in [0.15, 0.2) is 30.3 Å². The summed E-state index contributed by atoms with van der Waals surface area (Å²) in [5.74, 6) is -0.915. The number of carbonyl (C=O) groups is 3. The van der Waals surface area contributed by atoms with Crippen LogP contribution in [0.25, 0.3) is 0 Å². The smallest absolute Gasteiger partial charge is 0.240 e. The second-order valence-corrected chi connectivity index (χ2v) is 8.27. The molecule has 2 heterocycles. The number of anilines is 1. The molecule has 7 heteroatoms. The predicted octanol–water partition coefficient (Wildman–Crippen LogP) is 1.10. The Morgan fingerprint density at radius 3 is 2.17 bits per heavy atom. The Morgan fingerprint density at radius 2 is 1.55 bits per heavy atom. The number of nitrogens with one attached hydrogen (secondary N) is 1. The molecule has 1 aromatic carbocycles. The van der Waals surface area contributed by atoms with Gasteiger partial charge in [0.25, 0.3) is 0 Å². The third-order valence-electron chi connectivity index (χ3n) is 6.48. The Balaban J connectivity index is 1.17. The van der Waals surface area contributed by atoms with Gasteiger partial charge in [-0.1, -0.05) is 31.0 Å². The van der Waals surface area contributed by atoms with Gasteiger partial charge in [-0.25, -0.2) is 0 Å². The summed E-state index contributed by atoms with van der Waals surface area (Å²) in [6.07, 6.45) is 3.56. The Bertz CT molecular complexity index is 722. The Hall–Kier alpha value is -2.41. The summed E-state index contributed by atoms with van der Waals surface area (Å²) in [5.41, 5.74) is 1.25. The van der Waals surface area contributed by atoms with Gasteiger partial charge in [-0.2, -0.15) is 0 Å². The summed E-state index contributed by atoms with van der Waals surface area (Å²) in [5, 5.41) is 2.88. The van der Waals surface area contributed by atoms with Crippen LogP contribution in [0.2, 0.25) is 0 Å². The quantitative estimate of drug-likeness (QED) is 0.727. The highest BCUT2D eigenvalue weighted by Crippen LogP contribution is 2.37. The summed E-state index contributed by atoms with van der Waals surface area (Å²) in [7, 11) is 0. The van der Waals surface area contributed by atoms with E-state index in [0.29, 0.717) is 6.54 Å². The molecule has 7 nitrogen and oxygen atoms in total. The average molecular weight is 399 g/mol. The first-order valence-electron chi connectivity index (χ1n) is 10.8. The van der Waals surface area contributed by atoms with Crippen LogP contribution in [-0.4, -0.2) is 73.3 Å². The number of piperazine rings is 1. The van der Waals surface area contributed by atoms with Crippen LogP contribution in [0.1, 0.15) is 25.7 Å². The molecule has 3 fully saturated rings. The van der Waals surface area contributed by atoms with Gasteiger partial charge in [0.05, 0.1) is 11.8 Å². The van der Waals surface area contributed by atoms with Crippen molar-refractivity contribution in [1.29, 1.82) is 0 Å². The first kappa shape index (κ1) is 19.9. The number of rotatable bonds is 6. The maximum Gasteiger partial charge on any atom is 0.240 e. The van der Waals surface area contributed by atoms with E-state index >= 15 is 0 Å². The molecular formula is C22H30N4O3. The molecule has 3 amide bonds. The molecule has 4 rings (SSSR count). The number of hydrogen-bond donors (Lipinski definition) is 1. The van der Waals surface area contributed by atoms with E-state index in [1.807, 2.05) is 6.07 Å². The molecule has 2 saturated heterocycles. The molecule has 29 heavy (non-hydrogen) atoms. The van der Waals surface area contributed by atoms with Crippen molar-refractivity contribution < 1.29 is 14.4 Å². The summed E-state index contributed by atoms with van der Waals surface area (Å²) in [6.45, 7) is 5.03. The van der Waals surface area contributed by atoms with Crippen LogP contribution in [0.4, 0.5) is 5.69 Å². The van der Waals surface area contributed by atoms with Crippen LogP contribution in [0, 0.1) is 11.8 Å². The number of benzene rings is 1. The summed E-state index contributed by atoms with van der Waals surface area (Å²) < 4.78 is 0. The molecule has 1 aromatic rings. The van der Waals surface area contributed by atoms with E-state index in [4.69, 9.17) is 0 Å². The fourth-order valence-corrected chi connectivity index (χ4v) is 4.81. The van der Waals surface area contributed by atoms with Crippen LogP contribution < -0.4 is 10.2 Å². The maximum atomic E-state index is 12.5. The Kier molecular flexibility index (Phi) is 6.13. The lowest BCUT2D eigenvalue weighted by atomic mass is 9.81. The highest BCUT2D eigenvalue weighted by atomic mass is 16.2. The molecular weight excluding hydrogens is 368 g/mol. The van der Waals surface area contributed by atoms with Gasteiger partial charge in [-0.15, -0.1) is 0 Å². The van der Waals surface area contributed by atoms with Gasteiger partial charge in [0.2, 0.25) is 17.7 Å². The molecule has 0 bridgehead atoms.